The Kier molecular flexibility index (Phi) is 3.51. The normalized spacial score (nSPS) is 9.86. The van der Waals surface area contributed by atoms with Crippen LogP contribution in [0, 0.1) is 5.41 Å². The highest BCUT2D eigenvalue weighted by molar-refractivity contribution is 5.95. The molecule has 3 heteroatoms. The van der Waals surface area contributed by atoms with Crippen molar-refractivity contribution in [2.75, 3.05) is 18.5 Å². The van der Waals surface area contributed by atoms with Gasteiger partial charge in [0, 0.05) is 24.8 Å². The Morgan fingerprint density at radius 3 is 2.79 bits per heavy atom. The standard InChI is InChI=1S/C11H17N3/c1-3-7-14(2)10-6-4-5-9(8-10)11(12)13/h4-6,8H,3,7H2,1-2H3,(H3,12,13). The lowest BCUT2D eigenvalue weighted by atomic mass is 10.2. The monoisotopic (exact) mass is 191 g/mol. The van der Waals surface area contributed by atoms with Crippen LogP contribution < -0.4 is 10.6 Å². The van der Waals surface area contributed by atoms with Crippen molar-refractivity contribution in [1.82, 2.24) is 0 Å². The summed E-state index contributed by atoms with van der Waals surface area (Å²) in [6.07, 6.45) is 1.11. The second-order valence-electron chi connectivity index (χ2n) is 3.39. The minimum absolute atomic E-state index is 0.122. The molecule has 1 aromatic carbocycles. The zero-order valence-corrected chi connectivity index (χ0v) is 8.75. The molecule has 0 aliphatic carbocycles. The van der Waals surface area contributed by atoms with Crippen LogP contribution in [0.2, 0.25) is 0 Å². The number of amidine groups is 1. The first kappa shape index (κ1) is 10.6. The Balaban J connectivity index is 2.87. The summed E-state index contributed by atoms with van der Waals surface area (Å²) in [5, 5.41) is 7.33. The number of rotatable bonds is 4. The van der Waals surface area contributed by atoms with E-state index in [1.807, 2.05) is 31.3 Å². The summed E-state index contributed by atoms with van der Waals surface area (Å²) >= 11 is 0. The topological polar surface area (TPSA) is 53.1 Å². The third kappa shape index (κ3) is 2.49. The summed E-state index contributed by atoms with van der Waals surface area (Å²) in [5.74, 6) is 0.122. The van der Waals surface area contributed by atoms with Crippen molar-refractivity contribution >= 4 is 11.5 Å². The fourth-order valence-electron chi connectivity index (χ4n) is 1.38. The molecule has 0 radical (unpaired) electrons. The van der Waals surface area contributed by atoms with Crippen LogP contribution >= 0.6 is 0 Å². The lowest BCUT2D eigenvalue weighted by molar-refractivity contribution is 0.852. The predicted molar refractivity (Wildman–Crippen MR) is 61.0 cm³/mol. The van der Waals surface area contributed by atoms with Gasteiger partial charge < -0.3 is 10.6 Å². The van der Waals surface area contributed by atoms with Crippen molar-refractivity contribution in [3.05, 3.63) is 29.8 Å². The molecule has 76 valence electrons. The van der Waals surface area contributed by atoms with Gasteiger partial charge in [-0.25, -0.2) is 0 Å². The molecule has 0 saturated heterocycles. The summed E-state index contributed by atoms with van der Waals surface area (Å²) in [6.45, 7) is 3.16. The second-order valence-corrected chi connectivity index (χ2v) is 3.39. The molecule has 1 aromatic rings. The van der Waals surface area contributed by atoms with Crippen molar-refractivity contribution < 1.29 is 0 Å². The molecule has 0 spiro atoms. The second kappa shape index (κ2) is 4.65. The molecule has 0 atom stereocenters. The van der Waals surface area contributed by atoms with Crippen LogP contribution in [0.1, 0.15) is 18.9 Å². The molecule has 0 saturated carbocycles. The Hall–Kier alpha value is -1.51. The molecule has 0 amide bonds. The molecule has 0 aromatic heterocycles. The van der Waals surface area contributed by atoms with Gasteiger partial charge in [0.25, 0.3) is 0 Å². The number of nitrogens with one attached hydrogen (secondary N) is 1. The number of benzene rings is 1. The van der Waals surface area contributed by atoms with E-state index in [0.29, 0.717) is 0 Å². The fraction of sp³-hybridized carbons (Fsp3) is 0.364. The number of hydrogen-bond donors (Lipinski definition) is 2. The van der Waals surface area contributed by atoms with Crippen LogP contribution in [-0.4, -0.2) is 19.4 Å². The fourth-order valence-corrected chi connectivity index (χ4v) is 1.38. The minimum atomic E-state index is 0.122. The van der Waals surface area contributed by atoms with Gasteiger partial charge in [0.1, 0.15) is 5.84 Å². The lowest BCUT2D eigenvalue weighted by Crippen LogP contribution is -2.19. The smallest absolute Gasteiger partial charge is 0.122 e. The van der Waals surface area contributed by atoms with Crippen molar-refractivity contribution in [1.29, 1.82) is 5.41 Å². The quantitative estimate of drug-likeness (QED) is 0.563. The lowest BCUT2D eigenvalue weighted by Gasteiger charge is -2.18. The highest BCUT2D eigenvalue weighted by Crippen LogP contribution is 2.14. The highest BCUT2D eigenvalue weighted by atomic mass is 15.1. The molecule has 3 N–H and O–H groups in total. The Morgan fingerprint density at radius 1 is 1.50 bits per heavy atom. The van der Waals surface area contributed by atoms with Gasteiger partial charge >= 0.3 is 0 Å². The van der Waals surface area contributed by atoms with E-state index in [0.717, 1.165) is 24.2 Å². The van der Waals surface area contributed by atoms with E-state index in [1.54, 1.807) is 0 Å². The zero-order valence-electron chi connectivity index (χ0n) is 8.75. The van der Waals surface area contributed by atoms with E-state index in [1.165, 1.54) is 0 Å². The summed E-state index contributed by atoms with van der Waals surface area (Å²) in [5.41, 5.74) is 7.32. The van der Waals surface area contributed by atoms with E-state index in [9.17, 15) is 0 Å². The molecular formula is C11H17N3. The Bertz CT molecular complexity index is 320. The van der Waals surface area contributed by atoms with E-state index in [2.05, 4.69) is 11.8 Å². The van der Waals surface area contributed by atoms with E-state index < -0.39 is 0 Å². The molecule has 0 aliphatic rings. The van der Waals surface area contributed by atoms with Crippen LogP contribution in [0.4, 0.5) is 5.69 Å². The number of nitrogens with zero attached hydrogens (tertiary/aromatic N) is 1. The molecule has 1 rings (SSSR count). The van der Waals surface area contributed by atoms with E-state index in [4.69, 9.17) is 11.1 Å². The molecule has 0 fully saturated rings. The predicted octanol–water partition coefficient (Wildman–Crippen LogP) is 1.82. The van der Waals surface area contributed by atoms with Crippen molar-refractivity contribution in [3.63, 3.8) is 0 Å². The van der Waals surface area contributed by atoms with Gasteiger partial charge in [-0.1, -0.05) is 19.1 Å². The first-order valence-corrected chi connectivity index (χ1v) is 4.80. The van der Waals surface area contributed by atoms with Crippen molar-refractivity contribution in [3.8, 4) is 0 Å². The van der Waals surface area contributed by atoms with Crippen LogP contribution in [0.25, 0.3) is 0 Å². The number of nitrogens with two attached hydrogens (primary N) is 1. The summed E-state index contributed by atoms with van der Waals surface area (Å²) < 4.78 is 0. The van der Waals surface area contributed by atoms with E-state index in [-0.39, 0.29) is 5.84 Å². The maximum Gasteiger partial charge on any atom is 0.122 e. The number of nitrogen functional groups attached to an aromatic ring is 1. The molecule has 0 aliphatic heterocycles. The first-order valence-electron chi connectivity index (χ1n) is 4.80. The minimum Gasteiger partial charge on any atom is -0.384 e. The van der Waals surface area contributed by atoms with Gasteiger partial charge in [-0.3, -0.25) is 5.41 Å². The highest BCUT2D eigenvalue weighted by Gasteiger charge is 2.01. The Morgan fingerprint density at radius 2 is 2.21 bits per heavy atom. The van der Waals surface area contributed by atoms with Crippen LogP contribution in [0.3, 0.4) is 0 Å². The first-order chi connectivity index (χ1) is 6.65. The van der Waals surface area contributed by atoms with Gasteiger partial charge in [0.2, 0.25) is 0 Å². The molecule has 0 bridgehead atoms. The largest absolute Gasteiger partial charge is 0.384 e. The maximum atomic E-state index is 7.33. The van der Waals surface area contributed by atoms with Gasteiger partial charge in [0.05, 0.1) is 0 Å². The summed E-state index contributed by atoms with van der Waals surface area (Å²) in [6, 6.07) is 7.75. The average Bonchev–Trinajstić information content (AvgIpc) is 2.18. The summed E-state index contributed by atoms with van der Waals surface area (Å²) in [4.78, 5) is 2.16. The SMILES string of the molecule is CCCN(C)c1cccc(C(=N)N)c1. The van der Waals surface area contributed by atoms with Crippen molar-refractivity contribution in [2.45, 2.75) is 13.3 Å². The molecular weight excluding hydrogens is 174 g/mol. The third-order valence-electron chi connectivity index (χ3n) is 2.16. The zero-order chi connectivity index (χ0) is 10.6. The third-order valence-corrected chi connectivity index (χ3v) is 2.16. The van der Waals surface area contributed by atoms with Gasteiger partial charge in [0.15, 0.2) is 0 Å². The Labute approximate surface area is 85.0 Å². The number of anilines is 1. The van der Waals surface area contributed by atoms with Gasteiger partial charge in [-0.15, -0.1) is 0 Å². The van der Waals surface area contributed by atoms with Gasteiger partial charge in [-0.05, 0) is 18.6 Å². The average molecular weight is 191 g/mol. The van der Waals surface area contributed by atoms with Gasteiger partial charge in [-0.2, -0.15) is 0 Å². The molecule has 0 heterocycles. The number of hydrogen-bond acceptors (Lipinski definition) is 2. The van der Waals surface area contributed by atoms with Crippen molar-refractivity contribution in [2.24, 2.45) is 5.73 Å². The van der Waals surface area contributed by atoms with Crippen LogP contribution in [0.15, 0.2) is 24.3 Å². The van der Waals surface area contributed by atoms with Crippen LogP contribution in [0.5, 0.6) is 0 Å². The summed E-state index contributed by atoms with van der Waals surface area (Å²) in [7, 11) is 2.04. The molecule has 14 heavy (non-hydrogen) atoms. The van der Waals surface area contributed by atoms with Crippen LogP contribution in [-0.2, 0) is 0 Å². The molecule has 0 unspecified atom stereocenters. The molecule has 3 nitrogen and oxygen atoms in total. The maximum absolute atomic E-state index is 7.33. The van der Waals surface area contributed by atoms with E-state index >= 15 is 0 Å².